The van der Waals surface area contributed by atoms with E-state index in [4.69, 9.17) is 9.59 Å². The Morgan fingerprint density at radius 2 is 1.80 bits per heavy atom. The molecule has 1 aromatic heterocycles. The quantitative estimate of drug-likeness (QED) is 0.936. The Bertz CT molecular complexity index is 551. The third kappa shape index (κ3) is 6.03. The zero-order chi connectivity index (χ0) is 15.0. The van der Waals surface area contributed by atoms with Crippen LogP contribution in [0.5, 0.6) is 5.75 Å². The standard InChI is InChI=1S/C9H6F3N3OS.CO2/c10-9(11,12)16-6-1-3-7(4-2-6)17-8-5-13-15-14-8;2-1-3/h1-5H,(H,13,14,15);. The third-order valence-corrected chi connectivity index (χ3v) is 2.59. The van der Waals surface area contributed by atoms with Gasteiger partial charge in [0.1, 0.15) is 10.8 Å². The second-order valence-corrected chi connectivity index (χ2v) is 4.11. The number of hydrogen-bond acceptors (Lipinski definition) is 6. The molecule has 106 valence electrons. The van der Waals surface area contributed by atoms with Gasteiger partial charge < -0.3 is 4.74 Å². The Balaban J connectivity index is 0.000000612. The molecule has 0 aliphatic carbocycles. The van der Waals surface area contributed by atoms with Crippen LogP contribution in [0.15, 0.2) is 40.4 Å². The van der Waals surface area contributed by atoms with Crippen molar-refractivity contribution in [2.24, 2.45) is 0 Å². The molecule has 0 atom stereocenters. The molecule has 0 aliphatic heterocycles. The lowest BCUT2D eigenvalue weighted by molar-refractivity contribution is -0.274. The third-order valence-electron chi connectivity index (χ3n) is 1.67. The van der Waals surface area contributed by atoms with Gasteiger partial charge in [0.05, 0.1) is 6.20 Å². The molecule has 0 amide bonds. The van der Waals surface area contributed by atoms with Gasteiger partial charge in [0, 0.05) is 4.90 Å². The van der Waals surface area contributed by atoms with Crippen LogP contribution in [0.25, 0.3) is 0 Å². The van der Waals surface area contributed by atoms with Crippen LogP contribution in [0, 0.1) is 0 Å². The molecule has 0 fully saturated rings. The number of carbonyl (C=O) groups excluding carboxylic acids is 2. The highest BCUT2D eigenvalue weighted by Crippen LogP contribution is 2.28. The fraction of sp³-hybridized carbons (Fsp3) is 0.100. The molecular formula is C10H6F3N3O3S. The molecule has 1 aromatic carbocycles. The van der Waals surface area contributed by atoms with Crippen molar-refractivity contribution in [3.63, 3.8) is 0 Å². The molecule has 0 aliphatic rings. The van der Waals surface area contributed by atoms with Gasteiger partial charge in [-0.05, 0) is 24.3 Å². The van der Waals surface area contributed by atoms with Gasteiger partial charge in [-0.15, -0.1) is 18.3 Å². The number of alkyl halides is 3. The Hall–Kier alpha value is -2.32. The van der Waals surface area contributed by atoms with Crippen LogP contribution in [0.3, 0.4) is 0 Å². The van der Waals surface area contributed by atoms with E-state index in [1.165, 1.54) is 42.2 Å². The first-order valence-electron chi connectivity index (χ1n) is 4.83. The monoisotopic (exact) mass is 305 g/mol. The van der Waals surface area contributed by atoms with Gasteiger partial charge in [-0.1, -0.05) is 11.8 Å². The van der Waals surface area contributed by atoms with Gasteiger partial charge >= 0.3 is 12.5 Å². The number of H-pyrrole nitrogens is 1. The molecule has 0 bridgehead atoms. The van der Waals surface area contributed by atoms with Gasteiger partial charge in [0.15, 0.2) is 0 Å². The summed E-state index contributed by atoms with van der Waals surface area (Å²) in [5, 5.41) is 10.5. The summed E-state index contributed by atoms with van der Waals surface area (Å²) in [5.74, 6) is -0.248. The summed E-state index contributed by atoms with van der Waals surface area (Å²) in [6.45, 7) is 0. The van der Waals surface area contributed by atoms with E-state index in [0.717, 1.165) is 4.90 Å². The number of hydrogen-bond donors (Lipinski definition) is 1. The maximum absolute atomic E-state index is 11.9. The SMILES string of the molecule is FC(F)(F)Oc1ccc(Sc2cn[nH]n2)cc1.O=C=O. The minimum Gasteiger partial charge on any atom is -0.406 e. The lowest BCUT2D eigenvalue weighted by atomic mass is 10.3. The summed E-state index contributed by atoms with van der Waals surface area (Å²) in [4.78, 5) is 17.0. The number of benzene rings is 1. The average molecular weight is 305 g/mol. The highest BCUT2D eigenvalue weighted by Gasteiger charge is 2.30. The van der Waals surface area contributed by atoms with Crippen molar-refractivity contribution in [1.29, 1.82) is 0 Å². The molecule has 6 nitrogen and oxygen atoms in total. The van der Waals surface area contributed by atoms with Crippen LogP contribution in [-0.2, 0) is 9.59 Å². The Labute approximate surface area is 114 Å². The molecule has 1 N–H and O–H groups in total. The minimum absolute atomic E-state index is 0.248. The number of ether oxygens (including phenoxy) is 1. The largest absolute Gasteiger partial charge is 0.573 e. The van der Waals surface area contributed by atoms with Crippen molar-refractivity contribution in [3.05, 3.63) is 30.5 Å². The first-order valence-corrected chi connectivity index (χ1v) is 5.65. The van der Waals surface area contributed by atoms with E-state index in [2.05, 4.69) is 20.1 Å². The molecular weight excluding hydrogens is 299 g/mol. The predicted octanol–water partition coefficient (Wildman–Crippen LogP) is 2.27. The van der Waals surface area contributed by atoms with Crippen molar-refractivity contribution in [2.45, 2.75) is 16.3 Å². The van der Waals surface area contributed by atoms with Crippen LogP contribution in [0.1, 0.15) is 0 Å². The number of halogens is 3. The normalized spacial score (nSPS) is 10.2. The highest BCUT2D eigenvalue weighted by atomic mass is 32.2. The molecule has 0 radical (unpaired) electrons. The van der Waals surface area contributed by atoms with E-state index in [1.807, 2.05) is 0 Å². The summed E-state index contributed by atoms with van der Waals surface area (Å²) in [6.07, 6.45) is -2.90. The predicted molar refractivity (Wildman–Crippen MR) is 58.6 cm³/mol. The number of aromatic nitrogens is 3. The van der Waals surface area contributed by atoms with Gasteiger partial charge in [0.2, 0.25) is 0 Å². The zero-order valence-electron chi connectivity index (χ0n) is 9.55. The van der Waals surface area contributed by atoms with Crippen molar-refractivity contribution >= 4 is 17.9 Å². The van der Waals surface area contributed by atoms with Crippen molar-refractivity contribution in [2.75, 3.05) is 0 Å². The Morgan fingerprint density at radius 3 is 2.25 bits per heavy atom. The number of aromatic amines is 1. The smallest absolute Gasteiger partial charge is 0.406 e. The van der Waals surface area contributed by atoms with Gasteiger partial charge in [-0.3, -0.25) is 0 Å². The Morgan fingerprint density at radius 1 is 1.20 bits per heavy atom. The van der Waals surface area contributed by atoms with Crippen molar-refractivity contribution in [3.8, 4) is 5.75 Å². The average Bonchev–Trinajstić information content (AvgIpc) is 2.84. The molecule has 2 aromatic rings. The molecule has 2 rings (SSSR count). The first kappa shape index (κ1) is 15.7. The van der Waals surface area contributed by atoms with Crippen molar-refractivity contribution in [1.82, 2.24) is 15.4 Å². The second kappa shape index (κ2) is 7.31. The minimum atomic E-state index is -4.67. The topological polar surface area (TPSA) is 84.9 Å². The fourth-order valence-corrected chi connectivity index (χ4v) is 1.78. The van der Waals surface area contributed by atoms with Crippen LogP contribution >= 0.6 is 11.8 Å². The summed E-state index contributed by atoms with van der Waals surface area (Å²) in [7, 11) is 0. The van der Waals surface area contributed by atoms with Crippen LogP contribution in [0.4, 0.5) is 13.2 Å². The molecule has 1 heterocycles. The molecule has 20 heavy (non-hydrogen) atoms. The van der Waals surface area contributed by atoms with E-state index < -0.39 is 6.36 Å². The number of rotatable bonds is 3. The fourth-order valence-electron chi connectivity index (χ4n) is 1.07. The van der Waals surface area contributed by atoms with E-state index >= 15 is 0 Å². The van der Waals surface area contributed by atoms with Gasteiger partial charge in [0.25, 0.3) is 0 Å². The van der Waals surface area contributed by atoms with Crippen molar-refractivity contribution < 1.29 is 27.5 Å². The van der Waals surface area contributed by atoms with Crippen LogP contribution in [0.2, 0.25) is 0 Å². The summed E-state index contributed by atoms with van der Waals surface area (Å²) in [6, 6.07) is 5.52. The van der Waals surface area contributed by atoms with E-state index in [9.17, 15) is 13.2 Å². The molecule has 10 heteroatoms. The first-order chi connectivity index (χ1) is 9.44. The lowest BCUT2D eigenvalue weighted by Gasteiger charge is -2.08. The molecule has 0 unspecified atom stereocenters. The van der Waals surface area contributed by atoms with E-state index in [1.54, 1.807) is 0 Å². The van der Waals surface area contributed by atoms with E-state index in [0.29, 0.717) is 5.03 Å². The van der Waals surface area contributed by atoms with Gasteiger partial charge in [-0.25, -0.2) is 0 Å². The van der Waals surface area contributed by atoms with Gasteiger partial charge in [-0.2, -0.15) is 19.9 Å². The summed E-state index contributed by atoms with van der Waals surface area (Å²) in [5.41, 5.74) is 0. The zero-order valence-corrected chi connectivity index (χ0v) is 10.4. The molecule has 0 saturated heterocycles. The summed E-state index contributed by atoms with van der Waals surface area (Å²) >= 11 is 1.28. The second-order valence-electron chi connectivity index (χ2n) is 3.01. The number of nitrogens with one attached hydrogen (secondary N) is 1. The van der Waals surface area contributed by atoms with Crippen LogP contribution in [-0.4, -0.2) is 27.9 Å². The maximum atomic E-state index is 11.9. The number of nitrogens with zero attached hydrogens (tertiary/aromatic N) is 2. The maximum Gasteiger partial charge on any atom is 0.573 e. The van der Waals surface area contributed by atoms with Crippen LogP contribution < -0.4 is 4.74 Å². The molecule has 0 spiro atoms. The molecule has 0 saturated carbocycles. The summed E-state index contributed by atoms with van der Waals surface area (Å²) < 4.78 is 39.4. The van der Waals surface area contributed by atoms with E-state index in [-0.39, 0.29) is 11.9 Å². The Kier molecular flexibility index (Phi) is 5.75. The lowest BCUT2D eigenvalue weighted by Crippen LogP contribution is -2.16. The highest BCUT2D eigenvalue weighted by molar-refractivity contribution is 7.99.